The quantitative estimate of drug-likeness (QED) is 0.853. The molecule has 2 aliphatic rings. The van der Waals surface area contributed by atoms with Gasteiger partial charge in [0.2, 0.25) is 5.95 Å². The molecule has 0 atom stereocenters. The number of hydrogen-bond acceptors (Lipinski definition) is 4. The largest absolute Gasteiger partial charge is 0.450 e. The van der Waals surface area contributed by atoms with E-state index in [1.165, 1.54) is 0 Å². The fourth-order valence-corrected chi connectivity index (χ4v) is 3.65. The number of nitrogens with one attached hydrogen (secondary N) is 1. The lowest BCUT2D eigenvalue weighted by atomic mass is 9.84. The smallest absolute Gasteiger partial charge is 0.339 e. The fourth-order valence-electron chi connectivity index (χ4n) is 3.65. The number of anilines is 1. The summed E-state index contributed by atoms with van der Waals surface area (Å²) in [4.78, 5) is 30.5. The highest BCUT2D eigenvalue weighted by Crippen LogP contribution is 2.43. The predicted molar refractivity (Wildman–Crippen MR) is 91.3 cm³/mol. The number of piperidine rings is 1. The van der Waals surface area contributed by atoms with Crippen LogP contribution in [0.3, 0.4) is 0 Å². The van der Waals surface area contributed by atoms with Gasteiger partial charge in [0.25, 0.3) is 0 Å². The van der Waals surface area contributed by atoms with Crippen molar-refractivity contribution in [3.8, 4) is 0 Å². The van der Waals surface area contributed by atoms with E-state index in [1.54, 1.807) is 17.2 Å². The van der Waals surface area contributed by atoms with Crippen molar-refractivity contribution in [3.63, 3.8) is 0 Å². The summed E-state index contributed by atoms with van der Waals surface area (Å²) in [6, 6.07) is 7.35. The van der Waals surface area contributed by atoms with Crippen LogP contribution in [0.1, 0.15) is 35.7 Å². The molecule has 1 spiro atoms. The zero-order valence-corrected chi connectivity index (χ0v) is 14.1. The number of amides is 2. The summed E-state index contributed by atoms with van der Waals surface area (Å²) in [5.74, 6) is 0.281. The van der Waals surface area contributed by atoms with Crippen LogP contribution in [0.25, 0.3) is 0 Å². The highest BCUT2D eigenvalue weighted by molar-refractivity contribution is 5.95. The first kappa shape index (κ1) is 15.7. The first-order valence-electron chi connectivity index (χ1n) is 8.53. The molecule has 25 heavy (non-hydrogen) atoms. The summed E-state index contributed by atoms with van der Waals surface area (Å²) in [5.41, 5.74) is 0.999. The number of fused-ring (bicyclic) bond motifs is 2. The minimum absolute atomic E-state index is 0.173. The second-order valence-electron chi connectivity index (χ2n) is 6.38. The number of urea groups is 1. The molecule has 2 aliphatic heterocycles. The molecule has 1 saturated heterocycles. The standard InChI is InChI=1S/C18H20N4O3/c1-2-21-12-9-19-16(21)20-17(24)22-10-7-18(8-11-22)14-6-4-3-5-13(14)15(23)25-18/h3-6,9,12H,2,7-8,10-11H2,1H3,(H,19,20,24). The Morgan fingerprint density at radius 1 is 1.32 bits per heavy atom. The van der Waals surface area contributed by atoms with Crippen LogP contribution in [0.2, 0.25) is 0 Å². The molecule has 7 nitrogen and oxygen atoms in total. The minimum Gasteiger partial charge on any atom is -0.450 e. The number of carbonyl (C=O) groups excluding carboxylic acids is 2. The average Bonchev–Trinajstić information content (AvgIpc) is 3.19. The normalized spacial score (nSPS) is 18.1. The fraction of sp³-hybridized carbons (Fsp3) is 0.389. The highest BCUT2D eigenvalue weighted by Gasteiger charge is 2.47. The van der Waals surface area contributed by atoms with Gasteiger partial charge < -0.3 is 14.2 Å². The number of likely N-dealkylation sites (tertiary alicyclic amines) is 1. The molecule has 1 fully saturated rings. The second-order valence-corrected chi connectivity index (χ2v) is 6.38. The maximum absolute atomic E-state index is 12.5. The number of aromatic nitrogens is 2. The molecule has 3 heterocycles. The number of carbonyl (C=O) groups is 2. The molecule has 1 N–H and O–H groups in total. The van der Waals surface area contributed by atoms with Crippen molar-refractivity contribution in [2.24, 2.45) is 0 Å². The van der Waals surface area contributed by atoms with Crippen molar-refractivity contribution in [2.75, 3.05) is 18.4 Å². The molecule has 0 aliphatic carbocycles. The zero-order valence-electron chi connectivity index (χ0n) is 14.1. The Kier molecular flexibility index (Phi) is 3.71. The third-order valence-electron chi connectivity index (χ3n) is 5.06. The number of ether oxygens (including phenoxy) is 1. The highest BCUT2D eigenvalue weighted by atomic mass is 16.6. The molecule has 2 aromatic rings. The topological polar surface area (TPSA) is 76.5 Å². The van der Waals surface area contributed by atoms with E-state index in [1.807, 2.05) is 35.9 Å². The number of hydrogen-bond donors (Lipinski definition) is 1. The SMILES string of the molecule is CCn1ccnc1NC(=O)N1CCC2(CC1)OC(=O)c1ccccc12. The number of benzene rings is 1. The van der Waals surface area contributed by atoms with Crippen LogP contribution >= 0.6 is 0 Å². The van der Waals surface area contributed by atoms with Gasteiger partial charge in [-0.05, 0) is 13.0 Å². The molecule has 0 unspecified atom stereocenters. The molecular weight excluding hydrogens is 320 g/mol. The van der Waals surface area contributed by atoms with Crippen molar-refractivity contribution in [3.05, 3.63) is 47.8 Å². The monoisotopic (exact) mass is 340 g/mol. The molecule has 0 radical (unpaired) electrons. The lowest BCUT2D eigenvalue weighted by Gasteiger charge is -2.38. The van der Waals surface area contributed by atoms with Crippen LogP contribution in [0, 0.1) is 0 Å². The maximum Gasteiger partial charge on any atom is 0.339 e. The van der Waals surface area contributed by atoms with Crippen molar-refractivity contribution >= 4 is 17.9 Å². The number of imidazole rings is 1. The van der Waals surface area contributed by atoms with Crippen LogP contribution in [0.4, 0.5) is 10.7 Å². The van der Waals surface area contributed by atoms with E-state index in [-0.39, 0.29) is 12.0 Å². The second kappa shape index (κ2) is 5.91. The Morgan fingerprint density at radius 3 is 2.84 bits per heavy atom. The predicted octanol–water partition coefficient (Wildman–Crippen LogP) is 2.60. The van der Waals surface area contributed by atoms with Gasteiger partial charge in [-0.25, -0.2) is 14.6 Å². The Hall–Kier alpha value is -2.83. The van der Waals surface area contributed by atoms with Gasteiger partial charge >= 0.3 is 12.0 Å². The molecule has 7 heteroatoms. The van der Waals surface area contributed by atoms with E-state index in [9.17, 15) is 9.59 Å². The minimum atomic E-state index is -0.591. The van der Waals surface area contributed by atoms with Crippen LogP contribution < -0.4 is 5.32 Å². The third kappa shape index (κ3) is 2.56. The summed E-state index contributed by atoms with van der Waals surface area (Å²) in [5, 5.41) is 2.85. The van der Waals surface area contributed by atoms with Crippen molar-refractivity contribution in [1.29, 1.82) is 0 Å². The summed E-state index contributed by atoms with van der Waals surface area (Å²) in [7, 11) is 0. The number of rotatable bonds is 2. The molecule has 0 bridgehead atoms. The van der Waals surface area contributed by atoms with Crippen LogP contribution in [-0.2, 0) is 16.9 Å². The van der Waals surface area contributed by atoms with Gasteiger partial charge in [-0.2, -0.15) is 0 Å². The molecule has 1 aromatic heterocycles. The average molecular weight is 340 g/mol. The Morgan fingerprint density at radius 2 is 2.08 bits per heavy atom. The molecular formula is C18H20N4O3. The van der Waals surface area contributed by atoms with Crippen LogP contribution in [0.5, 0.6) is 0 Å². The Balaban J connectivity index is 1.45. The first-order valence-corrected chi connectivity index (χ1v) is 8.53. The molecule has 130 valence electrons. The van der Waals surface area contributed by atoms with Gasteiger partial charge in [0.15, 0.2) is 0 Å². The van der Waals surface area contributed by atoms with E-state index < -0.39 is 5.60 Å². The van der Waals surface area contributed by atoms with E-state index in [2.05, 4.69) is 10.3 Å². The Labute approximate surface area is 145 Å². The van der Waals surface area contributed by atoms with Gasteiger partial charge in [0.1, 0.15) is 5.60 Å². The van der Waals surface area contributed by atoms with Gasteiger partial charge in [-0.3, -0.25) is 5.32 Å². The molecule has 2 amide bonds. The van der Waals surface area contributed by atoms with E-state index in [0.29, 0.717) is 37.4 Å². The third-order valence-corrected chi connectivity index (χ3v) is 5.06. The van der Waals surface area contributed by atoms with Crippen molar-refractivity contribution in [1.82, 2.24) is 14.5 Å². The molecule has 1 aromatic carbocycles. The van der Waals surface area contributed by atoms with Crippen LogP contribution in [0.15, 0.2) is 36.7 Å². The lowest BCUT2D eigenvalue weighted by molar-refractivity contribution is -0.0363. The molecule has 0 saturated carbocycles. The van der Waals surface area contributed by atoms with Gasteiger partial charge in [-0.1, -0.05) is 18.2 Å². The number of nitrogens with zero attached hydrogens (tertiary/aromatic N) is 3. The maximum atomic E-state index is 12.5. The Bertz CT molecular complexity index is 821. The van der Waals surface area contributed by atoms with E-state index in [4.69, 9.17) is 4.74 Å². The lowest BCUT2D eigenvalue weighted by Crippen LogP contribution is -2.47. The van der Waals surface area contributed by atoms with Gasteiger partial charge in [0, 0.05) is 50.4 Å². The number of esters is 1. The zero-order chi connectivity index (χ0) is 17.4. The van der Waals surface area contributed by atoms with Crippen molar-refractivity contribution in [2.45, 2.75) is 31.9 Å². The summed E-state index contributed by atoms with van der Waals surface area (Å²) in [6.07, 6.45) is 4.70. The summed E-state index contributed by atoms with van der Waals surface area (Å²) in [6.45, 7) is 3.79. The summed E-state index contributed by atoms with van der Waals surface area (Å²) >= 11 is 0. The first-order chi connectivity index (χ1) is 12.1. The van der Waals surface area contributed by atoms with Gasteiger partial charge in [-0.15, -0.1) is 0 Å². The number of aryl methyl sites for hydroxylation is 1. The van der Waals surface area contributed by atoms with Crippen LogP contribution in [-0.4, -0.2) is 39.5 Å². The van der Waals surface area contributed by atoms with Gasteiger partial charge in [0.05, 0.1) is 5.56 Å². The summed E-state index contributed by atoms with van der Waals surface area (Å²) < 4.78 is 7.59. The van der Waals surface area contributed by atoms with E-state index >= 15 is 0 Å². The van der Waals surface area contributed by atoms with Crippen molar-refractivity contribution < 1.29 is 14.3 Å². The van der Waals surface area contributed by atoms with E-state index in [0.717, 1.165) is 12.1 Å². The molecule has 4 rings (SSSR count).